The van der Waals surface area contributed by atoms with E-state index in [-0.39, 0.29) is 0 Å². The molecule has 4 heteroatoms. The van der Waals surface area contributed by atoms with Crippen molar-refractivity contribution in [2.75, 3.05) is 5.73 Å². The van der Waals surface area contributed by atoms with Gasteiger partial charge in [-0.05, 0) is 49.3 Å². The molecule has 4 N–H and O–H groups in total. The van der Waals surface area contributed by atoms with Crippen LogP contribution in [-0.4, -0.2) is 0 Å². The third-order valence-corrected chi connectivity index (χ3v) is 3.24. The van der Waals surface area contributed by atoms with E-state index in [1.807, 2.05) is 54.6 Å². The van der Waals surface area contributed by atoms with Crippen LogP contribution in [0.3, 0.4) is 0 Å². The Balaban J connectivity index is 1.74. The summed E-state index contributed by atoms with van der Waals surface area (Å²) in [7, 11) is 0. The Morgan fingerprint density at radius 3 is 2.23 bits per heavy atom. The van der Waals surface area contributed by atoms with Gasteiger partial charge in [-0.25, -0.2) is 0 Å². The number of rotatable bonds is 4. The van der Waals surface area contributed by atoms with Gasteiger partial charge in [0.05, 0.1) is 0 Å². The van der Waals surface area contributed by atoms with Gasteiger partial charge in [-0.1, -0.05) is 12.1 Å². The zero-order valence-corrected chi connectivity index (χ0v) is 12.2. The maximum atomic E-state index is 5.83. The number of nitrogen functional groups attached to an aromatic ring is 1. The first-order chi connectivity index (χ1) is 10.7. The molecule has 0 saturated carbocycles. The highest BCUT2D eigenvalue weighted by molar-refractivity contribution is 5.46. The van der Waals surface area contributed by atoms with Gasteiger partial charge in [0.2, 0.25) is 0 Å². The predicted octanol–water partition coefficient (Wildman–Crippen LogP) is 3.96. The molecule has 0 spiro atoms. The lowest BCUT2D eigenvalue weighted by atomic mass is 10.1. The van der Waals surface area contributed by atoms with Gasteiger partial charge in [-0.3, -0.25) is 0 Å². The van der Waals surface area contributed by atoms with Crippen molar-refractivity contribution in [3.05, 3.63) is 72.1 Å². The molecule has 0 unspecified atom stereocenters. The van der Waals surface area contributed by atoms with Crippen LogP contribution in [0, 0.1) is 0 Å². The Labute approximate surface area is 129 Å². The summed E-state index contributed by atoms with van der Waals surface area (Å²) < 4.78 is 11.6. The summed E-state index contributed by atoms with van der Waals surface area (Å²) in [6, 6.07) is 14.8. The number of anilines is 1. The van der Waals surface area contributed by atoms with Gasteiger partial charge in [-0.15, -0.1) is 0 Å². The van der Waals surface area contributed by atoms with E-state index < -0.39 is 0 Å². The van der Waals surface area contributed by atoms with Crippen LogP contribution in [0.25, 0.3) is 0 Å². The molecule has 1 aliphatic carbocycles. The minimum atomic E-state index is 0.665. The Hall–Kier alpha value is -2.88. The molecule has 2 aromatic carbocycles. The SMILES string of the molecule is NC1=CC(Oc2cccc(Oc3cccc(N)c3)c2)=CCC1. The molecule has 0 bridgehead atoms. The number of ether oxygens (including phenoxy) is 2. The summed E-state index contributed by atoms with van der Waals surface area (Å²) in [4.78, 5) is 0. The summed E-state index contributed by atoms with van der Waals surface area (Å²) in [6.07, 6.45) is 5.67. The molecule has 0 heterocycles. The van der Waals surface area contributed by atoms with Crippen molar-refractivity contribution in [3.8, 4) is 17.2 Å². The molecule has 0 aromatic heterocycles. The smallest absolute Gasteiger partial charge is 0.131 e. The zero-order chi connectivity index (χ0) is 15.4. The summed E-state index contributed by atoms with van der Waals surface area (Å²) in [5, 5.41) is 0. The number of hydrogen-bond acceptors (Lipinski definition) is 4. The van der Waals surface area contributed by atoms with Crippen LogP contribution in [0.15, 0.2) is 72.1 Å². The van der Waals surface area contributed by atoms with Crippen molar-refractivity contribution in [3.63, 3.8) is 0 Å². The van der Waals surface area contributed by atoms with Gasteiger partial charge in [0.1, 0.15) is 23.0 Å². The molecule has 0 fully saturated rings. The Bertz CT molecular complexity index is 735. The lowest BCUT2D eigenvalue weighted by molar-refractivity contribution is 0.429. The van der Waals surface area contributed by atoms with Crippen molar-refractivity contribution < 1.29 is 9.47 Å². The van der Waals surface area contributed by atoms with Crippen molar-refractivity contribution >= 4 is 5.69 Å². The fourth-order valence-corrected chi connectivity index (χ4v) is 2.22. The highest BCUT2D eigenvalue weighted by Crippen LogP contribution is 2.28. The van der Waals surface area contributed by atoms with Crippen LogP contribution in [-0.2, 0) is 0 Å². The fraction of sp³-hybridized carbons (Fsp3) is 0.111. The summed E-state index contributed by atoms with van der Waals surface area (Å²) in [5.74, 6) is 2.86. The Morgan fingerprint density at radius 1 is 0.818 bits per heavy atom. The second-order valence-electron chi connectivity index (χ2n) is 5.12. The third-order valence-electron chi connectivity index (χ3n) is 3.24. The van der Waals surface area contributed by atoms with E-state index in [0.717, 1.165) is 24.3 Å². The molecule has 0 aliphatic heterocycles. The summed E-state index contributed by atoms with van der Waals surface area (Å²) in [5.41, 5.74) is 13.1. The highest BCUT2D eigenvalue weighted by Gasteiger charge is 2.06. The lowest BCUT2D eigenvalue weighted by Gasteiger charge is -2.13. The number of benzene rings is 2. The molecule has 0 saturated heterocycles. The van der Waals surface area contributed by atoms with Crippen molar-refractivity contribution in [2.45, 2.75) is 12.8 Å². The first kappa shape index (κ1) is 14.1. The van der Waals surface area contributed by atoms with E-state index in [1.54, 1.807) is 6.07 Å². The van der Waals surface area contributed by atoms with Gasteiger partial charge >= 0.3 is 0 Å². The zero-order valence-electron chi connectivity index (χ0n) is 12.2. The highest BCUT2D eigenvalue weighted by atomic mass is 16.5. The number of nitrogens with two attached hydrogens (primary N) is 2. The van der Waals surface area contributed by atoms with E-state index in [2.05, 4.69) is 0 Å². The quantitative estimate of drug-likeness (QED) is 0.837. The molecule has 0 atom stereocenters. The van der Waals surface area contributed by atoms with Gasteiger partial charge in [-0.2, -0.15) is 0 Å². The van der Waals surface area contributed by atoms with Crippen LogP contribution in [0.1, 0.15) is 12.8 Å². The number of allylic oxidation sites excluding steroid dienone is 3. The summed E-state index contributed by atoms with van der Waals surface area (Å²) >= 11 is 0. The van der Waals surface area contributed by atoms with E-state index in [0.29, 0.717) is 22.9 Å². The van der Waals surface area contributed by atoms with Crippen LogP contribution in [0.2, 0.25) is 0 Å². The van der Waals surface area contributed by atoms with Crippen molar-refractivity contribution in [2.24, 2.45) is 5.73 Å². The molecule has 0 radical (unpaired) electrons. The minimum Gasteiger partial charge on any atom is -0.458 e. The average molecular weight is 294 g/mol. The Kier molecular flexibility index (Phi) is 4.01. The maximum Gasteiger partial charge on any atom is 0.131 e. The van der Waals surface area contributed by atoms with Gasteiger partial charge in [0, 0.05) is 23.5 Å². The maximum absolute atomic E-state index is 5.83. The predicted molar refractivity (Wildman–Crippen MR) is 87.6 cm³/mol. The van der Waals surface area contributed by atoms with E-state index >= 15 is 0 Å². The van der Waals surface area contributed by atoms with Crippen molar-refractivity contribution in [1.29, 1.82) is 0 Å². The first-order valence-electron chi connectivity index (χ1n) is 7.16. The normalized spacial score (nSPS) is 14.0. The molecule has 3 rings (SSSR count). The summed E-state index contributed by atoms with van der Waals surface area (Å²) in [6.45, 7) is 0. The van der Waals surface area contributed by atoms with Crippen LogP contribution >= 0.6 is 0 Å². The molecule has 1 aliphatic rings. The second kappa shape index (κ2) is 6.26. The average Bonchev–Trinajstić information content (AvgIpc) is 2.47. The second-order valence-corrected chi connectivity index (χ2v) is 5.12. The van der Waals surface area contributed by atoms with Gasteiger partial charge < -0.3 is 20.9 Å². The monoisotopic (exact) mass is 294 g/mol. The Morgan fingerprint density at radius 2 is 1.50 bits per heavy atom. The molecule has 0 amide bonds. The molecule has 112 valence electrons. The molecule has 2 aromatic rings. The van der Waals surface area contributed by atoms with E-state index in [4.69, 9.17) is 20.9 Å². The van der Waals surface area contributed by atoms with Crippen LogP contribution < -0.4 is 20.9 Å². The van der Waals surface area contributed by atoms with Gasteiger partial charge in [0.15, 0.2) is 0 Å². The molecular weight excluding hydrogens is 276 g/mol. The number of hydrogen-bond donors (Lipinski definition) is 2. The standard InChI is InChI=1S/C18H18N2O2/c19-13-4-1-6-15(10-13)21-17-8-3-9-18(12-17)22-16-7-2-5-14(20)11-16/h1,3-4,6-12H,2,5,19-20H2. The lowest BCUT2D eigenvalue weighted by Crippen LogP contribution is -2.04. The minimum absolute atomic E-state index is 0.665. The van der Waals surface area contributed by atoms with Crippen LogP contribution in [0.4, 0.5) is 5.69 Å². The first-order valence-corrected chi connectivity index (χ1v) is 7.16. The van der Waals surface area contributed by atoms with E-state index in [1.165, 1.54) is 0 Å². The van der Waals surface area contributed by atoms with Gasteiger partial charge in [0.25, 0.3) is 0 Å². The largest absolute Gasteiger partial charge is 0.458 e. The third kappa shape index (κ3) is 3.61. The molecule has 22 heavy (non-hydrogen) atoms. The van der Waals surface area contributed by atoms with Crippen molar-refractivity contribution in [1.82, 2.24) is 0 Å². The molecule has 4 nitrogen and oxygen atoms in total. The van der Waals surface area contributed by atoms with Crippen LogP contribution in [0.5, 0.6) is 17.2 Å². The topological polar surface area (TPSA) is 70.5 Å². The molecular formula is C18H18N2O2. The van der Waals surface area contributed by atoms with E-state index in [9.17, 15) is 0 Å². The fourth-order valence-electron chi connectivity index (χ4n) is 2.22.